The van der Waals surface area contributed by atoms with Gasteiger partial charge in [-0.2, -0.15) is 0 Å². The van der Waals surface area contributed by atoms with Crippen LogP contribution in [0.4, 0.5) is 0 Å². The number of benzene rings is 10. The Balaban J connectivity index is 1.04. The highest BCUT2D eigenvalue weighted by atomic mass is 16.3. The summed E-state index contributed by atoms with van der Waals surface area (Å²) in [6, 6.07) is 74.8. The van der Waals surface area contributed by atoms with Crippen LogP contribution in [0.1, 0.15) is 0 Å². The van der Waals surface area contributed by atoms with Gasteiger partial charge in [-0.25, -0.2) is 0 Å². The van der Waals surface area contributed by atoms with Crippen molar-refractivity contribution in [1.82, 2.24) is 0 Å². The Hall–Kier alpha value is -7.22. The summed E-state index contributed by atoms with van der Waals surface area (Å²) in [5, 5.41) is 9.79. The number of hydrogen-bond donors (Lipinski definition) is 0. The zero-order valence-corrected chi connectivity index (χ0v) is 30.0. The molecule has 0 N–H and O–H groups in total. The Morgan fingerprint density at radius 2 is 0.709 bits per heavy atom. The maximum atomic E-state index is 6.15. The molecule has 11 aromatic rings. The van der Waals surface area contributed by atoms with Gasteiger partial charge in [0.1, 0.15) is 11.2 Å². The first kappa shape index (κ1) is 31.3. The fourth-order valence-electron chi connectivity index (χ4n) is 8.76. The SMILES string of the molecule is c1cc(-c2ccc3oc4ccccc4c3c2)cc(-c2c3ccccc3c(-c3ccc(-c4ccccc4-c4cccc5ccccc45)cc3)c3ccccc23)c1. The molecule has 11 rings (SSSR count). The van der Waals surface area contributed by atoms with Gasteiger partial charge in [-0.1, -0.05) is 182 Å². The summed E-state index contributed by atoms with van der Waals surface area (Å²) < 4.78 is 6.15. The molecule has 0 atom stereocenters. The Kier molecular flexibility index (Phi) is 7.25. The molecule has 1 nitrogen and oxygen atoms in total. The molecule has 0 bridgehead atoms. The van der Waals surface area contributed by atoms with Crippen LogP contribution >= 0.6 is 0 Å². The van der Waals surface area contributed by atoms with Gasteiger partial charge in [0.15, 0.2) is 0 Å². The zero-order chi connectivity index (χ0) is 36.3. The summed E-state index contributed by atoms with van der Waals surface area (Å²) in [6.45, 7) is 0. The second-order valence-corrected chi connectivity index (χ2v) is 14.4. The lowest BCUT2D eigenvalue weighted by molar-refractivity contribution is 0.669. The van der Waals surface area contributed by atoms with Crippen LogP contribution in [-0.4, -0.2) is 0 Å². The van der Waals surface area contributed by atoms with Crippen LogP contribution in [0.2, 0.25) is 0 Å². The van der Waals surface area contributed by atoms with E-state index in [4.69, 9.17) is 4.42 Å². The molecule has 0 radical (unpaired) electrons. The van der Waals surface area contributed by atoms with E-state index in [-0.39, 0.29) is 0 Å². The fraction of sp³-hybridized carbons (Fsp3) is 0. The van der Waals surface area contributed by atoms with Gasteiger partial charge in [0.25, 0.3) is 0 Å². The van der Waals surface area contributed by atoms with Crippen molar-refractivity contribution < 1.29 is 4.42 Å². The first-order valence-electron chi connectivity index (χ1n) is 18.9. The first-order chi connectivity index (χ1) is 27.3. The highest BCUT2D eigenvalue weighted by Crippen LogP contribution is 2.45. The fourth-order valence-corrected chi connectivity index (χ4v) is 8.76. The highest BCUT2D eigenvalue weighted by Gasteiger charge is 2.18. The predicted molar refractivity (Wildman–Crippen MR) is 233 cm³/mol. The lowest BCUT2D eigenvalue weighted by atomic mass is 9.85. The van der Waals surface area contributed by atoms with Crippen LogP contribution in [-0.2, 0) is 0 Å². The molecule has 1 heterocycles. The van der Waals surface area contributed by atoms with Crippen molar-refractivity contribution in [3.8, 4) is 55.6 Å². The molecule has 0 saturated carbocycles. The van der Waals surface area contributed by atoms with Crippen molar-refractivity contribution in [2.24, 2.45) is 0 Å². The number of rotatable bonds is 5. The summed E-state index contributed by atoms with van der Waals surface area (Å²) >= 11 is 0. The quantitative estimate of drug-likeness (QED) is 0.163. The number of fused-ring (bicyclic) bond motifs is 6. The lowest BCUT2D eigenvalue weighted by Crippen LogP contribution is -1.91. The second kappa shape index (κ2) is 12.7. The normalized spacial score (nSPS) is 11.6. The van der Waals surface area contributed by atoms with Gasteiger partial charge in [-0.05, 0) is 112 Å². The molecular formula is C54H34O. The molecule has 10 aromatic carbocycles. The molecule has 0 unspecified atom stereocenters. The summed E-state index contributed by atoms with van der Waals surface area (Å²) in [5.74, 6) is 0. The van der Waals surface area contributed by atoms with E-state index in [1.807, 2.05) is 12.1 Å². The molecule has 0 amide bonds. The summed E-state index contributed by atoms with van der Waals surface area (Å²) in [5.41, 5.74) is 14.1. The smallest absolute Gasteiger partial charge is 0.135 e. The topological polar surface area (TPSA) is 13.1 Å². The third-order valence-corrected chi connectivity index (χ3v) is 11.3. The van der Waals surface area contributed by atoms with Crippen LogP contribution < -0.4 is 0 Å². The second-order valence-electron chi connectivity index (χ2n) is 14.4. The van der Waals surface area contributed by atoms with Gasteiger partial charge in [0.2, 0.25) is 0 Å². The molecule has 55 heavy (non-hydrogen) atoms. The molecule has 1 heteroatoms. The summed E-state index contributed by atoms with van der Waals surface area (Å²) in [6.07, 6.45) is 0. The van der Waals surface area contributed by atoms with Crippen molar-refractivity contribution in [2.45, 2.75) is 0 Å². The maximum absolute atomic E-state index is 6.15. The molecule has 256 valence electrons. The predicted octanol–water partition coefficient (Wildman–Crippen LogP) is 15.4. The average Bonchev–Trinajstić information content (AvgIpc) is 3.63. The largest absolute Gasteiger partial charge is 0.456 e. The molecule has 0 fully saturated rings. The lowest BCUT2D eigenvalue weighted by Gasteiger charge is -2.18. The van der Waals surface area contributed by atoms with Crippen LogP contribution in [0.3, 0.4) is 0 Å². The Bertz CT molecular complexity index is 3190. The third kappa shape index (κ3) is 5.16. The molecule has 0 spiro atoms. The summed E-state index contributed by atoms with van der Waals surface area (Å²) in [7, 11) is 0. The molecule has 0 aliphatic heterocycles. The monoisotopic (exact) mass is 698 g/mol. The molecule has 0 aliphatic rings. The van der Waals surface area contributed by atoms with E-state index in [1.54, 1.807) is 0 Å². The van der Waals surface area contributed by atoms with Crippen molar-refractivity contribution in [1.29, 1.82) is 0 Å². The number of furan rings is 1. The molecular weight excluding hydrogens is 665 g/mol. The van der Waals surface area contributed by atoms with Crippen LogP contribution in [0.15, 0.2) is 211 Å². The Morgan fingerprint density at radius 3 is 1.45 bits per heavy atom. The van der Waals surface area contributed by atoms with Crippen molar-refractivity contribution in [3.63, 3.8) is 0 Å². The van der Waals surface area contributed by atoms with Gasteiger partial charge >= 0.3 is 0 Å². The van der Waals surface area contributed by atoms with E-state index >= 15 is 0 Å². The maximum Gasteiger partial charge on any atom is 0.135 e. The summed E-state index contributed by atoms with van der Waals surface area (Å²) in [4.78, 5) is 0. The van der Waals surface area contributed by atoms with Crippen molar-refractivity contribution in [3.05, 3.63) is 206 Å². The first-order valence-corrected chi connectivity index (χ1v) is 18.9. The standard InChI is InChI=1S/C54H34O/c1-2-17-41-35(13-1)14-12-25-44(41)43-19-4-3-18-42(43)36-27-29-37(30-28-36)53-46-21-5-7-23-48(46)54(49-24-8-6-22-47(49)53)40-16-11-15-38(33-40)39-31-32-52-50(34-39)45-20-9-10-26-51(45)55-52/h1-34H. The van der Waals surface area contributed by atoms with E-state index in [0.29, 0.717) is 0 Å². The Labute approximate surface area is 319 Å². The van der Waals surface area contributed by atoms with Crippen LogP contribution in [0.5, 0.6) is 0 Å². The third-order valence-electron chi connectivity index (χ3n) is 11.3. The van der Waals surface area contributed by atoms with Gasteiger partial charge in [-0.15, -0.1) is 0 Å². The zero-order valence-electron chi connectivity index (χ0n) is 30.0. The van der Waals surface area contributed by atoms with E-state index in [0.717, 1.165) is 21.9 Å². The Morgan fingerprint density at radius 1 is 0.236 bits per heavy atom. The van der Waals surface area contributed by atoms with Crippen LogP contribution in [0.25, 0.3) is 110 Å². The minimum atomic E-state index is 0.913. The molecule has 0 saturated heterocycles. The van der Waals surface area contributed by atoms with E-state index < -0.39 is 0 Å². The van der Waals surface area contributed by atoms with Gasteiger partial charge in [0.05, 0.1) is 0 Å². The van der Waals surface area contributed by atoms with Gasteiger partial charge < -0.3 is 4.42 Å². The molecule has 1 aromatic heterocycles. The van der Waals surface area contributed by atoms with E-state index in [9.17, 15) is 0 Å². The minimum Gasteiger partial charge on any atom is -0.456 e. The number of para-hydroxylation sites is 1. The average molecular weight is 699 g/mol. The van der Waals surface area contributed by atoms with Crippen molar-refractivity contribution >= 4 is 54.3 Å². The van der Waals surface area contributed by atoms with Gasteiger partial charge in [0, 0.05) is 10.8 Å². The minimum absolute atomic E-state index is 0.913. The van der Waals surface area contributed by atoms with Crippen LogP contribution in [0, 0.1) is 0 Å². The van der Waals surface area contributed by atoms with E-state index in [1.165, 1.54) is 88.0 Å². The van der Waals surface area contributed by atoms with E-state index in [2.05, 4.69) is 194 Å². The number of hydrogen-bond acceptors (Lipinski definition) is 1. The van der Waals surface area contributed by atoms with Crippen molar-refractivity contribution in [2.75, 3.05) is 0 Å². The molecule has 0 aliphatic carbocycles. The highest BCUT2D eigenvalue weighted by molar-refractivity contribution is 6.21. The van der Waals surface area contributed by atoms with Gasteiger partial charge in [-0.3, -0.25) is 0 Å².